The predicted octanol–water partition coefficient (Wildman–Crippen LogP) is 0.340. The Morgan fingerprint density at radius 3 is 2.85 bits per heavy atom. The molecule has 9 nitrogen and oxygen atoms in total. The van der Waals surface area contributed by atoms with Gasteiger partial charge in [0, 0.05) is 38.4 Å². The molecule has 3 aliphatic rings. The number of fused-ring (bicyclic) bond motifs is 1. The molecule has 27 heavy (non-hydrogen) atoms. The summed E-state index contributed by atoms with van der Waals surface area (Å²) < 4.78 is 10.9. The molecule has 0 aliphatic carbocycles. The topological polar surface area (TPSA) is 91.0 Å². The summed E-state index contributed by atoms with van der Waals surface area (Å²) in [5.74, 6) is -0.107. The fraction of sp³-hybridized carbons (Fsp3) is 0.722. The quantitative estimate of drug-likeness (QED) is 0.769. The standard InChI is InChI=1S/C18H27N5O4/c1-2-13-10-14(20-19-13)17(24)22-11-15-16(12-22)27-18(25)23(15)5-3-4-21-6-8-26-9-7-21/h10,15-16H,2-9,11-12H2,1H3,(H,19,20)/t15-,16+/m1/s1. The molecule has 3 aliphatic heterocycles. The van der Waals surface area contributed by atoms with Gasteiger partial charge in [0.25, 0.3) is 5.91 Å². The Kier molecular flexibility index (Phi) is 5.31. The maximum Gasteiger partial charge on any atom is 0.410 e. The highest BCUT2D eigenvalue weighted by atomic mass is 16.6. The van der Waals surface area contributed by atoms with E-state index in [4.69, 9.17) is 9.47 Å². The predicted molar refractivity (Wildman–Crippen MR) is 96.5 cm³/mol. The maximum atomic E-state index is 12.7. The van der Waals surface area contributed by atoms with Gasteiger partial charge >= 0.3 is 6.09 Å². The van der Waals surface area contributed by atoms with Crippen LogP contribution < -0.4 is 0 Å². The number of ether oxygens (including phenoxy) is 2. The number of nitrogens with one attached hydrogen (secondary N) is 1. The molecule has 3 fully saturated rings. The third-order valence-electron chi connectivity index (χ3n) is 5.62. The van der Waals surface area contributed by atoms with E-state index in [1.54, 1.807) is 15.9 Å². The van der Waals surface area contributed by atoms with Gasteiger partial charge in [0.15, 0.2) is 0 Å². The van der Waals surface area contributed by atoms with E-state index in [9.17, 15) is 9.59 Å². The van der Waals surface area contributed by atoms with Gasteiger partial charge in [0.1, 0.15) is 11.8 Å². The van der Waals surface area contributed by atoms with Gasteiger partial charge < -0.3 is 14.4 Å². The lowest BCUT2D eigenvalue weighted by atomic mass is 10.2. The van der Waals surface area contributed by atoms with E-state index < -0.39 is 0 Å². The Hall–Kier alpha value is -2.13. The highest BCUT2D eigenvalue weighted by molar-refractivity contribution is 5.93. The highest BCUT2D eigenvalue weighted by Gasteiger charge is 2.48. The zero-order chi connectivity index (χ0) is 18.8. The third kappa shape index (κ3) is 3.79. The van der Waals surface area contributed by atoms with Crippen LogP contribution >= 0.6 is 0 Å². The minimum atomic E-state index is -0.257. The Balaban J connectivity index is 1.31. The molecule has 0 saturated carbocycles. The third-order valence-corrected chi connectivity index (χ3v) is 5.62. The van der Waals surface area contributed by atoms with Gasteiger partial charge in [-0.2, -0.15) is 5.10 Å². The first kappa shape index (κ1) is 18.2. The van der Waals surface area contributed by atoms with E-state index >= 15 is 0 Å². The summed E-state index contributed by atoms with van der Waals surface area (Å²) in [4.78, 5) is 30.8. The number of hydrogen-bond acceptors (Lipinski definition) is 6. The zero-order valence-corrected chi connectivity index (χ0v) is 15.7. The van der Waals surface area contributed by atoms with Gasteiger partial charge in [-0.1, -0.05) is 6.92 Å². The van der Waals surface area contributed by atoms with Gasteiger partial charge in [0.05, 0.1) is 25.8 Å². The number of aryl methyl sites for hydroxylation is 1. The van der Waals surface area contributed by atoms with Crippen molar-refractivity contribution in [1.82, 2.24) is 24.9 Å². The van der Waals surface area contributed by atoms with E-state index in [0.29, 0.717) is 25.3 Å². The second-order valence-corrected chi connectivity index (χ2v) is 7.33. The fourth-order valence-electron chi connectivity index (χ4n) is 4.03. The molecule has 4 heterocycles. The van der Waals surface area contributed by atoms with Crippen LogP contribution in [0.1, 0.15) is 29.5 Å². The van der Waals surface area contributed by atoms with Crippen LogP contribution in [-0.2, 0) is 15.9 Å². The van der Waals surface area contributed by atoms with Crippen molar-refractivity contribution in [2.24, 2.45) is 0 Å². The molecule has 4 rings (SSSR count). The second-order valence-electron chi connectivity index (χ2n) is 7.33. The molecule has 1 aromatic heterocycles. The first-order valence-corrected chi connectivity index (χ1v) is 9.76. The first-order chi connectivity index (χ1) is 13.2. The van der Waals surface area contributed by atoms with Crippen molar-refractivity contribution >= 4 is 12.0 Å². The van der Waals surface area contributed by atoms with Crippen LogP contribution in [0.5, 0.6) is 0 Å². The highest BCUT2D eigenvalue weighted by Crippen LogP contribution is 2.28. The van der Waals surface area contributed by atoms with E-state index in [0.717, 1.165) is 51.4 Å². The molecule has 1 aromatic rings. The molecule has 3 saturated heterocycles. The average Bonchev–Trinajstić information content (AvgIpc) is 3.38. The van der Waals surface area contributed by atoms with Gasteiger partial charge in [-0.25, -0.2) is 4.79 Å². The largest absolute Gasteiger partial charge is 0.442 e. The summed E-state index contributed by atoms with van der Waals surface area (Å²) in [7, 11) is 0. The summed E-state index contributed by atoms with van der Waals surface area (Å²) in [6.45, 7) is 7.99. The number of hydrogen-bond donors (Lipinski definition) is 1. The maximum absolute atomic E-state index is 12.7. The number of rotatable bonds is 6. The van der Waals surface area contributed by atoms with Crippen LogP contribution in [0.3, 0.4) is 0 Å². The van der Waals surface area contributed by atoms with Crippen LogP contribution in [-0.4, -0.2) is 102 Å². The number of H-pyrrole nitrogens is 1. The molecule has 0 spiro atoms. The average molecular weight is 377 g/mol. The normalized spacial score (nSPS) is 25.7. The van der Waals surface area contributed by atoms with Crippen molar-refractivity contribution in [3.63, 3.8) is 0 Å². The summed E-state index contributed by atoms with van der Waals surface area (Å²) in [5, 5.41) is 6.99. The molecule has 0 aromatic carbocycles. The lowest BCUT2D eigenvalue weighted by molar-refractivity contribution is 0.0362. The first-order valence-electron chi connectivity index (χ1n) is 9.76. The van der Waals surface area contributed by atoms with Crippen molar-refractivity contribution in [2.45, 2.75) is 31.9 Å². The molecule has 2 amide bonds. The summed E-state index contributed by atoms with van der Waals surface area (Å²) in [6, 6.07) is 1.73. The number of amides is 2. The monoisotopic (exact) mass is 377 g/mol. The number of morpholine rings is 1. The smallest absolute Gasteiger partial charge is 0.410 e. The number of carbonyl (C=O) groups is 2. The summed E-state index contributed by atoms with van der Waals surface area (Å²) >= 11 is 0. The van der Waals surface area contributed by atoms with Crippen molar-refractivity contribution in [3.05, 3.63) is 17.5 Å². The van der Waals surface area contributed by atoms with E-state index in [1.165, 1.54) is 0 Å². The molecule has 9 heteroatoms. The fourth-order valence-corrected chi connectivity index (χ4v) is 4.03. The minimum absolute atomic E-state index is 0.0595. The Labute approximate surface area is 158 Å². The molecule has 1 N–H and O–H groups in total. The molecule has 0 bridgehead atoms. The Morgan fingerprint density at radius 1 is 1.30 bits per heavy atom. The lowest BCUT2D eigenvalue weighted by Gasteiger charge is -2.28. The van der Waals surface area contributed by atoms with Gasteiger partial charge in [-0.05, 0) is 18.9 Å². The summed E-state index contributed by atoms with van der Waals surface area (Å²) in [6.07, 6.45) is 1.20. The molecular formula is C18H27N5O4. The minimum Gasteiger partial charge on any atom is -0.442 e. The van der Waals surface area contributed by atoms with Gasteiger partial charge in [0.2, 0.25) is 0 Å². The molecule has 148 valence electrons. The van der Waals surface area contributed by atoms with Crippen molar-refractivity contribution in [3.8, 4) is 0 Å². The van der Waals surface area contributed by atoms with E-state index in [2.05, 4.69) is 15.1 Å². The molecule has 0 radical (unpaired) electrons. The lowest BCUT2D eigenvalue weighted by Crippen LogP contribution is -2.42. The Morgan fingerprint density at radius 2 is 2.11 bits per heavy atom. The van der Waals surface area contributed by atoms with Crippen molar-refractivity contribution < 1.29 is 19.1 Å². The van der Waals surface area contributed by atoms with Gasteiger partial charge in [-0.3, -0.25) is 19.7 Å². The molecule has 0 unspecified atom stereocenters. The number of carbonyl (C=O) groups excluding carboxylic acids is 2. The van der Waals surface area contributed by atoms with Crippen molar-refractivity contribution in [2.75, 3.05) is 52.5 Å². The zero-order valence-electron chi connectivity index (χ0n) is 15.7. The number of nitrogens with zero attached hydrogens (tertiary/aromatic N) is 4. The number of likely N-dealkylation sites (tertiary alicyclic amines) is 1. The number of aromatic amines is 1. The van der Waals surface area contributed by atoms with Crippen LogP contribution in [0, 0.1) is 0 Å². The SMILES string of the molecule is CCc1cc(C(=O)N2C[C@@H]3OC(=O)N(CCCN4CCOCC4)[C@@H]3C2)n[nH]1. The van der Waals surface area contributed by atoms with E-state index in [-0.39, 0.29) is 24.1 Å². The Bertz CT molecular complexity index is 687. The van der Waals surface area contributed by atoms with Crippen LogP contribution in [0.15, 0.2) is 6.07 Å². The number of aromatic nitrogens is 2. The van der Waals surface area contributed by atoms with E-state index in [1.807, 2.05) is 6.92 Å². The van der Waals surface area contributed by atoms with Crippen LogP contribution in [0.25, 0.3) is 0 Å². The summed E-state index contributed by atoms with van der Waals surface area (Å²) in [5.41, 5.74) is 1.37. The van der Waals surface area contributed by atoms with Crippen molar-refractivity contribution in [1.29, 1.82) is 0 Å². The van der Waals surface area contributed by atoms with Crippen LogP contribution in [0.2, 0.25) is 0 Å². The molecular weight excluding hydrogens is 350 g/mol. The van der Waals surface area contributed by atoms with Gasteiger partial charge in [-0.15, -0.1) is 0 Å². The second kappa shape index (κ2) is 7.85. The van der Waals surface area contributed by atoms with Crippen LogP contribution in [0.4, 0.5) is 4.79 Å². The molecule has 2 atom stereocenters.